The van der Waals surface area contributed by atoms with Gasteiger partial charge >= 0.3 is 0 Å². The third-order valence-electron chi connectivity index (χ3n) is 2.50. The quantitative estimate of drug-likeness (QED) is 0.798. The summed E-state index contributed by atoms with van der Waals surface area (Å²) in [5.41, 5.74) is 7.13. The molecule has 0 saturated heterocycles. The molecule has 0 aliphatic heterocycles. The fraction of sp³-hybridized carbons (Fsp3) is 0.538. The maximum Gasteiger partial charge on any atom is 0.0765 e. The molecule has 16 heavy (non-hydrogen) atoms. The Balaban J connectivity index is 2.79. The highest BCUT2D eigenvalue weighted by Crippen LogP contribution is 2.17. The van der Waals surface area contributed by atoms with Crippen molar-refractivity contribution in [2.75, 3.05) is 18.0 Å². The standard InChI is InChI=1S/C13H22N2O/c1-4-15(10-13(2,3)16)12-7-5-11(9-14)6-8-12/h5-8,16H,4,9-10,14H2,1-3H3. The first kappa shape index (κ1) is 13.0. The maximum atomic E-state index is 9.82. The zero-order chi connectivity index (χ0) is 12.2. The summed E-state index contributed by atoms with van der Waals surface area (Å²) in [6.45, 7) is 7.81. The lowest BCUT2D eigenvalue weighted by Gasteiger charge is -2.30. The lowest BCUT2D eigenvalue weighted by Crippen LogP contribution is -2.38. The van der Waals surface area contributed by atoms with Crippen LogP contribution < -0.4 is 10.6 Å². The van der Waals surface area contributed by atoms with Crippen LogP contribution in [-0.2, 0) is 6.54 Å². The summed E-state index contributed by atoms with van der Waals surface area (Å²) in [4.78, 5) is 2.15. The molecule has 90 valence electrons. The molecule has 0 amide bonds. The van der Waals surface area contributed by atoms with Crippen LogP contribution in [0.3, 0.4) is 0 Å². The molecule has 1 rings (SSSR count). The number of anilines is 1. The molecule has 0 aliphatic carbocycles. The number of likely N-dealkylation sites (N-methyl/N-ethyl adjacent to an activating group) is 1. The Morgan fingerprint density at radius 1 is 1.25 bits per heavy atom. The summed E-state index contributed by atoms with van der Waals surface area (Å²) in [6, 6.07) is 8.17. The molecule has 0 fully saturated rings. The highest BCUT2D eigenvalue weighted by molar-refractivity contribution is 5.47. The molecule has 0 aromatic heterocycles. The molecule has 3 nitrogen and oxygen atoms in total. The Hall–Kier alpha value is -1.06. The van der Waals surface area contributed by atoms with E-state index in [4.69, 9.17) is 5.73 Å². The molecule has 0 saturated carbocycles. The van der Waals surface area contributed by atoms with E-state index in [0.717, 1.165) is 17.8 Å². The molecule has 0 radical (unpaired) electrons. The second kappa shape index (κ2) is 5.32. The average Bonchev–Trinajstić information content (AvgIpc) is 2.25. The van der Waals surface area contributed by atoms with Gasteiger partial charge in [0.2, 0.25) is 0 Å². The van der Waals surface area contributed by atoms with Gasteiger partial charge in [-0.1, -0.05) is 12.1 Å². The number of hydrogen-bond acceptors (Lipinski definition) is 3. The van der Waals surface area contributed by atoms with Crippen molar-refractivity contribution in [3.63, 3.8) is 0 Å². The van der Waals surface area contributed by atoms with Crippen molar-refractivity contribution in [1.82, 2.24) is 0 Å². The van der Waals surface area contributed by atoms with Crippen molar-refractivity contribution in [3.05, 3.63) is 29.8 Å². The van der Waals surface area contributed by atoms with Gasteiger partial charge in [0, 0.05) is 25.3 Å². The summed E-state index contributed by atoms with van der Waals surface area (Å²) in [5.74, 6) is 0. The van der Waals surface area contributed by atoms with Crippen molar-refractivity contribution in [3.8, 4) is 0 Å². The van der Waals surface area contributed by atoms with Crippen LogP contribution in [0.4, 0.5) is 5.69 Å². The molecular formula is C13H22N2O. The molecule has 0 atom stereocenters. The Bertz CT molecular complexity index is 314. The molecule has 0 unspecified atom stereocenters. The van der Waals surface area contributed by atoms with E-state index < -0.39 is 5.60 Å². The van der Waals surface area contributed by atoms with Crippen molar-refractivity contribution in [2.24, 2.45) is 5.73 Å². The maximum absolute atomic E-state index is 9.82. The van der Waals surface area contributed by atoms with E-state index in [-0.39, 0.29) is 0 Å². The van der Waals surface area contributed by atoms with Crippen LogP contribution in [0.1, 0.15) is 26.3 Å². The predicted molar refractivity (Wildman–Crippen MR) is 68.5 cm³/mol. The normalized spacial score (nSPS) is 11.6. The van der Waals surface area contributed by atoms with Gasteiger partial charge in [0.15, 0.2) is 0 Å². The van der Waals surface area contributed by atoms with Crippen molar-refractivity contribution >= 4 is 5.69 Å². The average molecular weight is 222 g/mol. The lowest BCUT2D eigenvalue weighted by molar-refractivity contribution is 0.0876. The van der Waals surface area contributed by atoms with Crippen LogP contribution in [0.2, 0.25) is 0 Å². The molecular weight excluding hydrogens is 200 g/mol. The van der Waals surface area contributed by atoms with Crippen LogP contribution >= 0.6 is 0 Å². The van der Waals surface area contributed by atoms with Crippen molar-refractivity contribution in [2.45, 2.75) is 32.9 Å². The predicted octanol–water partition coefficient (Wildman–Crippen LogP) is 1.74. The van der Waals surface area contributed by atoms with Gasteiger partial charge in [-0.25, -0.2) is 0 Å². The minimum Gasteiger partial charge on any atom is -0.389 e. The fourth-order valence-corrected chi connectivity index (χ4v) is 1.70. The molecule has 0 heterocycles. The Morgan fingerprint density at radius 2 is 1.81 bits per heavy atom. The molecule has 1 aromatic rings. The molecule has 3 N–H and O–H groups in total. The van der Waals surface area contributed by atoms with Crippen LogP contribution in [0, 0.1) is 0 Å². The minimum absolute atomic E-state index is 0.567. The number of benzene rings is 1. The number of nitrogens with two attached hydrogens (primary N) is 1. The molecule has 1 aromatic carbocycles. The van der Waals surface area contributed by atoms with Crippen LogP contribution in [0.15, 0.2) is 24.3 Å². The van der Waals surface area contributed by atoms with E-state index in [1.807, 2.05) is 26.0 Å². The van der Waals surface area contributed by atoms with Crippen LogP contribution in [-0.4, -0.2) is 23.8 Å². The van der Waals surface area contributed by atoms with E-state index in [0.29, 0.717) is 13.1 Å². The Kier molecular flexibility index (Phi) is 4.33. The van der Waals surface area contributed by atoms with Gasteiger partial charge in [0.05, 0.1) is 5.60 Å². The molecule has 3 heteroatoms. The van der Waals surface area contributed by atoms with E-state index in [1.165, 1.54) is 0 Å². The second-order valence-electron chi connectivity index (χ2n) is 4.70. The summed E-state index contributed by atoms with van der Waals surface area (Å²) in [6.07, 6.45) is 0. The number of aliphatic hydroxyl groups is 1. The van der Waals surface area contributed by atoms with Gasteiger partial charge in [0.1, 0.15) is 0 Å². The van der Waals surface area contributed by atoms with Gasteiger partial charge in [-0.2, -0.15) is 0 Å². The lowest BCUT2D eigenvalue weighted by atomic mass is 10.1. The third kappa shape index (κ3) is 3.83. The summed E-state index contributed by atoms with van der Waals surface area (Å²) >= 11 is 0. The highest BCUT2D eigenvalue weighted by Gasteiger charge is 2.17. The zero-order valence-electron chi connectivity index (χ0n) is 10.4. The summed E-state index contributed by atoms with van der Waals surface area (Å²) in [7, 11) is 0. The zero-order valence-corrected chi connectivity index (χ0v) is 10.4. The van der Waals surface area contributed by atoms with Gasteiger partial charge < -0.3 is 15.7 Å². The Morgan fingerprint density at radius 3 is 2.19 bits per heavy atom. The topological polar surface area (TPSA) is 49.5 Å². The van der Waals surface area contributed by atoms with E-state index in [2.05, 4.69) is 24.0 Å². The molecule has 0 aliphatic rings. The first-order valence-electron chi connectivity index (χ1n) is 5.72. The number of nitrogens with zero attached hydrogens (tertiary/aromatic N) is 1. The number of rotatable bonds is 5. The second-order valence-corrected chi connectivity index (χ2v) is 4.70. The first-order chi connectivity index (χ1) is 7.46. The Labute approximate surface area is 97.9 Å². The fourth-order valence-electron chi connectivity index (χ4n) is 1.70. The van der Waals surface area contributed by atoms with Gasteiger partial charge in [-0.15, -0.1) is 0 Å². The van der Waals surface area contributed by atoms with Crippen LogP contribution in [0.5, 0.6) is 0 Å². The highest BCUT2D eigenvalue weighted by atomic mass is 16.3. The van der Waals surface area contributed by atoms with Gasteiger partial charge in [0.25, 0.3) is 0 Å². The molecule has 0 bridgehead atoms. The first-order valence-corrected chi connectivity index (χ1v) is 5.72. The number of hydrogen-bond donors (Lipinski definition) is 2. The molecule has 0 spiro atoms. The van der Waals surface area contributed by atoms with Crippen molar-refractivity contribution in [1.29, 1.82) is 0 Å². The van der Waals surface area contributed by atoms with Gasteiger partial charge in [-0.3, -0.25) is 0 Å². The van der Waals surface area contributed by atoms with Gasteiger partial charge in [-0.05, 0) is 38.5 Å². The minimum atomic E-state index is -0.678. The SMILES string of the molecule is CCN(CC(C)(C)O)c1ccc(CN)cc1. The smallest absolute Gasteiger partial charge is 0.0765 e. The van der Waals surface area contributed by atoms with E-state index in [1.54, 1.807) is 0 Å². The van der Waals surface area contributed by atoms with E-state index >= 15 is 0 Å². The largest absolute Gasteiger partial charge is 0.389 e. The summed E-state index contributed by atoms with van der Waals surface area (Å²) in [5, 5.41) is 9.82. The third-order valence-corrected chi connectivity index (χ3v) is 2.50. The summed E-state index contributed by atoms with van der Waals surface area (Å²) < 4.78 is 0. The monoisotopic (exact) mass is 222 g/mol. The van der Waals surface area contributed by atoms with E-state index in [9.17, 15) is 5.11 Å². The van der Waals surface area contributed by atoms with Crippen molar-refractivity contribution < 1.29 is 5.11 Å². The van der Waals surface area contributed by atoms with Crippen LogP contribution in [0.25, 0.3) is 0 Å².